The maximum Gasteiger partial charge on any atom is 0.355 e. The van der Waals surface area contributed by atoms with Crippen LogP contribution in [0.25, 0.3) is 10.2 Å². The Morgan fingerprint density at radius 1 is 0.907 bits per heavy atom. The average molecular weight is 610 g/mol. The molecule has 2 N–H and O–H groups in total. The van der Waals surface area contributed by atoms with Crippen LogP contribution < -0.4 is 10.2 Å². The van der Waals surface area contributed by atoms with Crippen LogP contribution in [-0.2, 0) is 19.5 Å². The van der Waals surface area contributed by atoms with Crippen LogP contribution in [0.4, 0.5) is 10.3 Å². The predicted molar refractivity (Wildman–Crippen MR) is 172 cm³/mol. The molecule has 1 amide bonds. The van der Waals surface area contributed by atoms with Crippen molar-refractivity contribution < 1.29 is 14.7 Å². The van der Waals surface area contributed by atoms with E-state index in [-0.39, 0.29) is 11.6 Å². The van der Waals surface area contributed by atoms with Crippen molar-refractivity contribution in [1.29, 1.82) is 0 Å². The van der Waals surface area contributed by atoms with Gasteiger partial charge in [-0.3, -0.25) is 15.0 Å². The second kappa shape index (κ2) is 11.9. The first-order chi connectivity index (χ1) is 21.0. The predicted octanol–water partition coefficient (Wildman–Crippen LogP) is 6.65. The highest BCUT2D eigenvalue weighted by atomic mass is 32.1. The van der Waals surface area contributed by atoms with Crippen molar-refractivity contribution >= 4 is 55.0 Å². The Bertz CT molecular complexity index is 1760. The summed E-state index contributed by atoms with van der Waals surface area (Å²) >= 11 is 2.92. The Morgan fingerprint density at radius 2 is 1.70 bits per heavy atom. The standard InChI is InChI=1S/C33H31N5O3S2/c39-30(36-32-34-26-11-4-5-12-27(26)42-32)24-10-6-9-23-15-18-38(19-25(23)24)33-35-29(31(40)41)28(43-33)20-37-16-13-22(14-17-37)21-7-2-1-3-8-21/h1-12,22H,13-20H2,(H,40,41)(H,34,36,39). The number of aromatic carboxylic acids is 1. The molecule has 0 spiro atoms. The minimum atomic E-state index is -0.995. The molecule has 2 aliphatic rings. The molecule has 43 heavy (non-hydrogen) atoms. The molecule has 0 unspecified atom stereocenters. The third-order valence-electron chi connectivity index (χ3n) is 8.42. The first kappa shape index (κ1) is 27.7. The molecular formula is C33H31N5O3S2. The second-order valence-electron chi connectivity index (χ2n) is 11.1. The van der Waals surface area contributed by atoms with Crippen molar-refractivity contribution in [1.82, 2.24) is 14.9 Å². The first-order valence-corrected chi connectivity index (χ1v) is 16.2. The van der Waals surface area contributed by atoms with Gasteiger partial charge in [-0.2, -0.15) is 0 Å². The fraction of sp³-hybridized carbons (Fsp3) is 0.273. The summed E-state index contributed by atoms with van der Waals surface area (Å²) in [5.41, 5.74) is 5.06. The molecule has 0 atom stereocenters. The minimum absolute atomic E-state index is 0.137. The zero-order valence-corrected chi connectivity index (χ0v) is 25.2. The molecule has 2 aromatic heterocycles. The fourth-order valence-corrected chi connectivity index (χ4v) is 8.13. The molecule has 10 heteroatoms. The molecule has 8 nitrogen and oxygen atoms in total. The number of nitrogens with one attached hydrogen (secondary N) is 1. The lowest BCUT2D eigenvalue weighted by atomic mass is 9.89. The zero-order valence-electron chi connectivity index (χ0n) is 23.5. The number of piperidine rings is 1. The normalized spacial score (nSPS) is 15.9. The van der Waals surface area contributed by atoms with Crippen molar-refractivity contribution in [2.24, 2.45) is 0 Å². The summed E-state index contributed by atoms with van der Waals surface area (Å²) in [5, 5.41) is 14.3. The Morgan fingerprint density at radius 3 is 2.49 bits per heavy atom. The third kappa shape index (κ3) is 5.78. The van der Waals surface area contributed by atoms with Crippen molar-refractivity contribution in [2.75, 3.05) is 29.9 Å². The van der Waals surface area contributed by atoms with Crippen LogP contribution in [0, 0.1) is 0 Å². The lowest BCUT2D eigenvalue weighted by molar-refractivity contribution is 0.0688. The van der Waals surface area contributed by atoms with Crippen LogP contribution in [0.2, 0.25) is 0 Å². The number of benzene rings is 3. The zero-order chi connectivity index (χ0) is 29.3. The van der Waals surface area contributed by atoms with E-state index in [1.54, 1.807) is 0 Å². The van der Waals surface area contributed by atoms with Gasteiger partial charge in [0.1, 0.15) is 0 Å². The number of hydrogen-bond acceptors (Lipinski definition) is 8. The van der Waals surface area contributed by atoms with E-state index in [1.807, 2.05) is 42.5 Å². The number of carbonyl (C=O) groups excluding carboxylic acids is 1. The number of aromatic nitrogens is 2. The van der Waals surface area contributed by atoms with Gasteiger partial charge in [0.25, 0.3) is 5.91 Å². The first-order valence-electron chi connectivity index (χ1n) is 14.5. The number of thiazole rings is 2. The molecule has 1 saturated heterocycles. The molecule has 4 heterocycles. The monoisotopic (exact) mass is 609 g/mol. The molecule has 2 aliphatic heterocycles. The van der Waals surface area contributed by atoms with E-state index in [0.717, 1.165) is 58.6 Å². The summed E-state index contributed by atoms with van der Waals surface area (Å²) in [4.78, 5) is 40.1. The molecule has 218 valence electrons. The van der Waals surface area contributed by atoms with Gasteiger partial charge in [-0.15, -0.1) is 0 Å². The van der Waals surface area contributed by atoms with E-state index in [9.17, 15) is 14.7 Å². The largest absolute Gasteiger partial charge is 0.476 e. The van der Waals surface area contributed by atoms with Crippen LogP contribution >= 0.6 is 22.7 Å². The van der Waals surface area contributed by atoms with E-state index >= 15 is 0 Å². The van der Waals surface area contributed by atoms with E-state index in [0.29, 0.717) is 41.4 Å². The summed E-state index contributed by atoms with van der Waals surface area (Å²) in [7, 11) is 0. The number of hydrogen-bond donors (Lipinski definition) is 2. The summed E-state index contributed by atoms with van der Waals surface area (Å²) in [6.07, 6.45) is 2.87. The number of nitrogens with zero attached hydrogens (tertiary/aromatic N) is 4. The average Bonchev–Trinajstić information content (AvgIpc) is 3.65. The molecule has 0 bridgehead atoms. The van der Waals surface area contributed by atoms with Crippen molar-refractivity contribution in [3.8, 4) is 0 Å². The highest BCUT2D eigenvalue weighted by molar-refractivity contribution is 7.22. The molecule has 5 aromatic rings. The van der Waals surface area contributed by atoms with E-state index in [4.69, 9.17) is 0 Å². The summed E-state index contributed by atoms with van der Waals surface area (Å²) in [5.74, 6) is -0.643. The molecule has 0 radical (unpaired) electrons. The van der Waals surface area contributed by atoms with E-state index in [1.165, 1.54) is 28.2 Å². The highest BCUT2D eigenvalue weighted by Crippen LogP contribution is 2.35. The van der Waals surface area contributed by atoms with Crippen LogP contribution in [0.3, 0.4) is 0 Å². The Hall–Kier alpha value is -4.12. The second-order valence-corrected chi connectivity index (χ2v) is 13.2. The number of para-hydroxylation sites is 1. The number of fused-ring (bicyclic) bond motifs is 2. The highest BCUT2D eigenvalue weighted by Gasteiger charge is 2.28. The van der Waals surface area contributed by atoms with Gasteiger partial charge in [0.05, 0.1) is 15.1 Å². The lowest BCUT2D eigenvalue weighted by Gasteiger charge is -2.32. The van der Waals surface area contributed by atoms with Gasteiger partial charge in [0.2, 0.25) is 0 Å². The van der Waals surface area contributed by atoms with Crippen LogP contribution in [0.5, 0.6) is 0 Å². The smallest absolute Gasteiger partial charge is 0.355 e. The maximum atomic E-state index is 13.4. The fourth-order valence-electron chi connectivity index (χ4n) is 6.15. The van der Waals surface area contributed by atoms with Crippen molar-refractivity contribution in [3.63, 3.8) is 0 Å². The van der Waals surface area contributed by atoms with Crippen molar-refractivity contribution in [2.45, 2.75) is 38.3 Å². The van der Waals surface area contributed by atoms with Crippen LogP contribution in [-0.4, -0.2) is 51.5 Å². The number of carbonyl (C=O) groups is 2. The van der Waals surface area contributed by atoms with Gasteiger partial charge in [-0.25, -0.2) is 14.8 Å². The lowest BCUT2D eigenvalue weighted by Crippen LogP contribution is -2.32. The Labute approximate surface area is 257 Å². The molecular weight excluding hydrogens is 579 g/mol. The molecule has 1 fully saturated rings. The number of likely N-dealkylation sites (tertiary alicyclic amines) is 1. The summed E-state index contributed by atoms with van der Waals surface area (Å²) in [6, 6.07) is 24.3. The molecule has 0 saturated carbocycles. The SMILES string of the molecule is O=C(Nc1nc2ccccc2s1)c1cccc2c1CN(c1nc(C(=O)O)c(CN3CCC(c4ccccc4)CC3)s1)CC2. The number of carboxylic acids is 1. The minimum Gasteiger partial charge on any atom is -0.476 e. The topological polar surface area (TPSA) is 98.7 Å². The number of rotatable bonds is 7. The third-order valence-corrected chi connectivity index (χ3v) is 10.5. The van der Waals surface area contributed by atoms with E-state index < -0.39 is 5.97 Å². The Balaban J connectivity index is 1.07. The summed E-state index contributed by atoms with van der Waals surface area (Å²) in [6.45, 7) is 3.64. The molecule has 3 aromatic carbocycles. The number of anilines is 2. The van der Waals surface area contributed by atoms with Gasteiger partial charge in [-0.05, 0) is 73.2 Å². The van der Waals surface area contributed by atoms with Crippen LogP contribution in [0.1, 0.15) is 61.2 Å². The Kier molecular flexibility index (Phi) is 7.65. The van der Waals surface area contributed by atoms with E-state index in [2.05, 4.69) is 55.4 Å². The van der Waals surface area contributed by atoms with Gasteiger partial charge in [-0.1, -0.05) is 77.3 Å². The summed E-state index contributed by atoms with van der Waals surface area (Å²) < 4.78 is 1.02. The van der Waals surface area contributed by atoms with Gasteiger partial charge < -0.3 is 10.0 Å². The number of carboxylic acid groups (broad SMARTS) is 1. The number of amides is 1. The van der Waals surface area contributed by atoms with Gasteiger partial charge in [0, 0.05) is 25.2 Å². The molecule has 0 aliphatic carbocycles. The van der Waals surface area contributed by atoms with Gasteiger partial charge in [0.15, 0.2) is 16.0 Å². The molecule has 7 rings (SSSR count). The quantitative estimate of drug-likeness (QED) is 0.213. The van der Waals surface area contributed by atoms with Gasteiger partial charge >= 0.3 is 5.97 Å². The van der Waals surface area contributed by atoms with Crippen molar-refractivity contribution in [3.05, 3.63) is 106 Å². The maximum absolute atomic E-state index is 13.4. The van der Waals surface area contributed by atoms with Crippen LogP contribution in [0.15, 0.2) is 72.8 Å².